The van der Waals surface area contributed by atoms with Gasteiger partial charge in [-0.05, 0) is 151 Å². The van der Waals surface area contributed by atoms with E-state index in [1.165, 1.54) is 44.5 Å². The molecular weight excluding hydrogens is 1510 g/mol. The number of fused-ring (bicyclic) bond motifs is 4. The molecule has 0 radical (unpaired) electrons. The number of β-lactam (4-membered cyclic amide) rings is 2. The van der Waals surface area contributed by atoms with Crippen LogP contribution in [0.3, 0.4) is 0 Å². The fraction of sp³-hybridized carbons (Fsp3) is 0.259. The van der Waals surface area contributed by atoms with E-state index < -0.39 is 80.0 Å². The van der Waals surface area contributed by atoms with E-state index in [2.05, 4.69) is 122 Å². The summed E-state index contributed by atoms with van der Waals surface area (Å²) in [6, 6.07) is 59.2. The summed E-state index contributed by atoms with van der Waals surface area (Å²) in [6.07, 6.45) is 0. The molecule has 6 aliphatic rings. The van der Waals surface area contributed by atoms with E-state index in [1.54, 1.807) is 90.1 Å². The number of rotatable bonds is 19. The third-order valence-electron chi connectivity index (χ3n) is 18.5. The Hall–Kier alpha value is -10.0. The monoisotopic (exact) mass is 1580 g/mol. The zero-order valence-electron chi connectivity index (χ0n) is 60.5. The summed E-state index contributed by atoms with van der Waals surface area (Å²) in [5, 5.41) is 44.9. The van der Waals surface area contributed by atoms with Crippen LogP contribution in [-0.4, -0.2) is 139 Å². The maximum Gasteiger partial charge on any atom is 0.327 e. The first kappa shape index (κ1) is 78.6. The van der Waals surface area contributed by atoms with Gasteiger partial charge in [-0.2, -0.15) is 0 Å². The molecular formula is C81H78Cl4N12O10S2. The van der Waals surface area contributed by atoms with Crippen LogP contribution >= 0.6 is 69.9 Å². The summed E-state index contributed by atoms with van der Waals surface area (Å²) in [7, 11) is 0. The number of aryl methyl sites for hydroxylation is 2. The highest BCUT2D eigenvalue weighted by atomic mass is 35.5. The molecule has 28 heteroatoms. The van der Waals surface area contributed by atoms with E-state index in [4.69, 9.17) is 65.4 Å². The minimum Gasteiger partial charge on any atom is -0.480 e. The van der Waals surface area contributed by atoms with E-state index in [1.807, 2.05) is 78.9 Å². The number of thioether (sulfide) groups is 2. The van der Waals surface area contributed by atoms with Crippen molar-refractivity contribution in [3.63, 3.8) is 0 Å². The number of carbonyl (C=O) groups excluding carboxylic acids is 4. The fourth-order valence-electron chi connectivity index (χ4n) is 13.4. The van der Waals surface area contributed by atoms with Gasteiger partial charge in [0, 0.05) is 74.3 Å². The lowest BCUT2D eigenvalue weighted by Gasteiger charge is -2.43. The van der Waals surface area contributed by atoms with Crippen LogP contribution < -0.4 is 31.9 Å². The Balaban J connectivity index is 0.000000138. The standard InChI is InChI=1S/C27H22Cl2N4.2C19H18ClN3O5S.C16H20N2/c1-17(2)30-24-16-27-25(15-23(24)31-20-11-7-18(28)8-12-20)32-22-5-3-4-6-26(22)33(27)21-13-9-19(29)10-14-21;2*1-8-11(12(22-28-8)9-6-4-5-7-10(9)20)15(24)21-13-16(25)23-14(18(26)27)19(2,3)29-17(13)23;1-3-7-15(8-4-1)13-17-11-12-18-14-16-9-5-2-6-10-16/h3-17,31H,1-2H3;2*4-7,13-14,17H,1-3H3,(H,21,24)(H,26,27);1-10,17-18H,11-14H2/b30-24+;;;/t;2*13-,14+,17-;/m.11./s1. The highest BCUT2D eigenvalue weighted by Crippen LogP contribution is 2.52. The zero-order chi connectivity index (χ0) is 77.6. The molecule has 22 nitrogen and oxygen atoms in total. The third kappa shape index (κ3) is 17.4. The second-order valence-electron chi connectivity index (χ2n) is 27.4. The van der Waals surface area contributed by atoms with Crippen molar-refractivity contribution in [2.45, 2.75) is 119 Å². The van der Waals surface area contributed by atoms with Crippen molar-refractivity contribution < 1.29 is 48.0 Å². The number of halogens is 4. The van der Waals surface area contributed by atoms with E-state index >= 15 is 0 Å². The molecule has 7 N–H and O–H groups in total. The number of nitrogens with zero attached hydrogens (tertiary/aromatic N) is 7. The highest BCUT2D eigenvalue weighted by Gasteiger charge is 2.65. The van der Waals surface area contributed by atoms with E-state index in [0.717, 1.165) is 71.0 Å². The van der Waals surface area contributed by atoms with Crippen LogP contribution in [0.25, 0.3) is 50.6 Å². The Morgan fingerprint density at radius 2 is 1.00 bits per heavy atom. The average Bonchev–Trinajstić information content (AvgIpc) is 1.58. The zero-order valence-corrected chi connectivity index (χ0v) is 65.1. The van der Waals surface area contributed by atoms with Crippen LogP contribution in [0.4, 0.5) is 11.4 Å². The number of benzene rings is 8. The Labute approximate surface area is 657 Å². The van der Waals surface area contributed by atoms with Crippen molar-refractivity contribution in [3.8, 4) is 39.6 Å². The first-order valence-corrected chi connectivity index (χ1v) is 38.2. The lowest BCUT2D eigenvalue weighted by atomic mass is 9.95. The first-order valence-electron chi connectivity index (χ1n) is 35.0. The van der Waals surface area contributed by atoms with Crippen molar-refractivity contribution in [1.29, 1.82) is 0 Å². The SMILES string of the molecule is CC(C)/N=c1\cc2n(-c3ccc(Cl)cc3)c3ccccc3nc-2cc1Nc1ccc(Cl)cc1.Cc1onc(-c2ccccc2Cl)c1C(=O)N[C@@H]1C(=O)N2[C@@H]1SC(C)(C)[C@@H]2C(=O)O.Cc1onc(-c2ccccc2Cl)c1C(=O)N[C@@H]1C(=O)N2[C@@H]1SC(C)(C)[C@@H]2C(=O)O.c1ccc(CNCCNCc2ccccc2)cc1. The number of hydrogen-bond acceptors (Lipinski definition) is 17. The van der Waals surface area contributed by atoms with Gasteiger partial charge in [-0.25, -0.2) is 14.6 Å². The summed E-state index contributed by atoms with van der Waals surface area (Å²) < 4.78 is 11.3. The fourth-order valence-corrected chi connectivity index (χ4v) is 17.3. The predicted molar refractivity (Wildman–Crippen MR) is 428 cm³/mol. The molecule has 7 heterocycles. The molecule has 109 heavy (non-hydrogen) atoms. The van der Waals surface area contributed by atoms with E-state index in [0.29, 0.717) is 42.7 Å². The lowest BCUT2D eigenvalue weighted by Crippen LogP contribution is -2.70. The number of carboxylic acid groups (broad SMARTS) is 2. The van der Waals surface area contributed by atoms with Crippen LogP contribution in [0.2, 0.25) is 20.1 Å². The maximum atomic E-state index is 13.0. The number of hydrogen-bond donors (Lipinski definition) is 7. The molecule has 7 aromatic carbocycles. The van der Waals surface area contributed by atoms with Gasteiger partial charge in [-0.3, -0.25) is 24.2 Å². The van der Waals surface area contributed by atoms with Crippen molar-refractivity contribution >= 4 is 128 Å². The average molecular weight is 1590 g/mol. The van der Waals surface area contributed by atoms with Gasteiger partial charge >= 0.3 is 11.9 Å². The molecule has 0 spiro atoms. The van der Waals surface area contributed by atoms with Crippen molar-refractivity contribution in [2.75, 3.05) is 18.4 Å². The molecule has 4 amide bonds. The van der Waals surface area contributed by atoms with Crippen LogP contribution in [0, 0.1) is 13.8 Å². The molecule has 0 unspecified atom stereocenters. The molecule has 0 saturated carbocycles. The number of carboxylic acids is 2. The van der Waals surface area contributed by atoms with Crippen molar-refractivity contribution in [2.24, 2.45) is 4.99 Å². The Morgan fingerprint density at radius 3 is 1.45 bits per heavy atom. The van der Waals surface area contributed by atoms with Gasteiger partial charge in [0.2, 0.25) is 11.8 Å². The number of nitrogens with one attached hydrogen (secondary N) is 5. The van der Waals surface area contributed by atoms with Gasteiger partial charge < -0.3 is 60.2 Å². The molecule has 4 saturated heterocycles. The number of aliphatic carboxylic acids is 2. The van der Waals surface area contributed by atoms with Gasteiger partial charge in [0.15, 0.2) is 0 Å². The summed E-state index contributed by atoms with van der Waals surface area (Å²) in [6.45, 7) is 18.3. The molecule has 9 aromatic rings. The predicted octanol–water partition coefficient (Wildman–Crippen LogP) is 15.2. The van der Waals surface area contributed by atoms with Crippen LogP contribution in [0.1, 0.15) is 84.9 Å². The molecule has 6 atom stereocenters. The topological polar surface area (TPSA) is 292 Å². The van der Waals surface area contributed by atoms with E-state index in [-0.39, 0.29) is 28.6 Å². The minimum atomic E-state index is -1.06. The molecule has 2 aromatic heterocycles. The minimum absolute atomic E-state index is 0.130. The van der Waals surface area contributed by atoms with Crippen molar-refractivity contribution in [1.82, 2.24) is 50.9 Å². The first-order chi connectivity index (χ1) is 52.2. The smallest absolute Gasteiger partial charge is 0.327 e. The van der Waals surface area contributed by atoms with Gasteiger partial charge in [-0.15, -0.1) is 23.5 Å². The van der Waals surface area contributed by atoms with Crippen LogP contribution in [0.15, 0.2) is 208 Å². The second kappa shape index (κ2) is 33.9. The quantitative estimate of drug-likeness (QED) is 0.0225. The second-order valence-corrected chi connectivity index (χ2v) is 32.7. The van der Waals surface area contributed by atoms with Gasteiger partial charge in [0.1, 0.15) is 69.0 Å². The summed E-state index contributed by atoms with van der Waals surface area (Å²) in [5.41, 5.74) is 11.3. The van der Waals surface area contributed by atoms with E-state index in [9.17, 15) is 39.0 Å². The molecule has 15 rings (SSSR count). The molecule has 1 aliphatic carbocycles. The van der Waals surface area contributed by atoms with Gasteiger partial charge in [0.25, 0.3) is 11.8 Å². The van der Waals surface area contributed by atoms with Crippen molar-refractivity contribution in [3.05, 3.63) is 253 Å². The largest absolute Gasteiger partial charge is 0.480 e. The summed E-state index contributed by atoms with van der Waals surface area (Å²) in [4.78, 5) is 87.0. The Morgan fingerprint density at radius 1 is 0.569 bits per heavy atom. The molecule has 4 fully saturated rings. The Kier molecular flexibility index (Phi) is 24.4. The lowest BCUT2D eigenvalue weighted by molar-refractivity contribution is -0.159. The highest BCUT2D eigenvalue weighted by molar-refractivity contribution is 8.02. The number of anilines is 2. The van der Waals surface area contributed by atoms with Crippen LogP contribution in [-0.2, 0) is 32.3 Å². The third-order valence-corrected chi connectivity index (χ3v) is 22.8. The van der Waals surface area contributed by atoms with Gasteiger partial charge in [-0.1, -0.05) is 166 Å². The molecule has 562 valence electrons. The normalized spacial score (nSPS) is 18.6. The molecule has 0 bridgehead atoms. The van der Waals surface area contributed by atoms with Crippen LogP contribution in [0.5, 0.6) is 0 Å². The molecule has 5 aliphatic heterocycles. The number of aromatic nitrogens is 4. The number of carbonyl (C=O) groups is 6. The summed E-state index contributed by atoms with van der Waals surface area (Å²) in [5.74, 6) is -3.39. The maximum absolute atomic E-state index is 13.0. The van der Waals surface area contributed by atoms with Gasteiger partial charge in [0.05, 0.1) is 43.5 Å². The summed E-state index contributed by atoms with van der Waals surface area (Å²) >= 11 is 27.4. The Bertz CT molecular complexity index is 5010. The number of para-hydroxylation sites is 2. The number of amides is 4.